The topological polar surface area (TPSA) is 78.4 Å². The van der Waals surface area contributed by atoms with Gasteiger partial charge in [0.15, 0.2) is 6.04 Å². The Kier molecular flexibility index (Phi) is 4.98. The average Bonchev–Trinajstić information content (AvgIpc) is 2.39. The lowest BCUT2D eigenvalue weighted by Crippen LogP contribution is -2.41. The van der Waals surface area contributed by atoms with E-state index in [1.165, 1.54) is 19.3 Å². The van der Waals surface area contributed by atoms with Gasteiger partial charge in [0.2, 0.25) is 0 Å². The molecule has 1 fully saturated rings. The van der Waals surface area contributed by atoms with Crippen LogP contribution in [0.1, 0.15) is 37.3 Å². The number of carboxylic acid groups (broad SMARTS) is 1. The zero-order valence-electron chi connectivity index (χ0n) is 11.3. The van der Waals surface area contributed by atoms with Gasteiger partial charge in [-0.2, -0.15) is 0 Å². The van der Waals surface area contributed by atoms with E-state index < -0.39 is 18.0 Å². The summed E-state index contributed by atoms with van der Waals surface area (Å²) in [6.45, 7) is 0.595. The molecule has 108 valence electrons. The molecule has 3 N–H and O–H groups in total. The standard InChI is InChI=1S/C15H20N2O3/c18-14(19)13(12-7-2-1-3-8-12)17-15(20)16-10-9-11-5-4-6-11/h1-3,7-8,11,13H,4-6,9-10H2,(H,18,19)(H2,16,17,20). The summed E-state index contributed by atoms with van der Waals surface area (Å²) in [5, 5.41) is 14.4. The van der Waals surface area contributed by atoms with E-state index in [1.807, 2.05) is 0 Å². The largest absolute Gasteiger partial charge is 0.479 e. The Hall–Kier alpha value is -2.04. The third-order valence-electron chi connectivity index (χ3n) is 3.72. The first-order chi connectivity index (χ1) is 9.66. The number of carbonyl (C=O) groups is 2. The normalized spacial score (nSPS) is 16.0. The Labute approximate surface area is 118 Å². The number of hydrogen-bond donors (Lipinski definition) is 3. The van der Waals surface area contributed by atoms with Gasteiger partial charge in [0.1, 0.15) is 0 Å². The van der Waals surface area contributed by atoms with E-state index in [9.17, 15) is 14.7 Å². The minimum absolute atomic E-state index is 0.430. The Morgan fingerprint density at radius 1 is 1.25 bits per heavy atom. The molecule has 2 amide bonds. The molecule has 1 atom stereocenters. The van der Waals surface area contributed by atoms with Gasteiger partial charge in [0.05, 0.1) is 0 Å². The first-order valence-corrected chi connectivity index (χ1v) is 6.99. The van der Waals surface area contributed by atoms with Crippen molar-refractivity contribution in [3.8, 4) is 0 Å². The third-order valence-corrected chi connectivity index (χ3v) is 3.72. The lowest BCUT2D eigenvalue weighted by atomic mass is 9.83. The van der Waals surface area contributed by atoms with E-state index in [0.717, 1.165) is 12.3 Å². The van der Waals surface area contributed by atoms with Gasteiger partial charge in [0.25, 0.3) is 0 Å². The lowest BCUT2D eigenvalue weighted by molar-refractivity contribution is -0.139. The predicted molar refractivity (Wildman–Crippen MR) is 75.3 cm³/mol. The van der Waals surface area contributed by atoms with Crippen LogP contribution in [0, 0.1) is 5.92 Å². The zero-order valence-corrected chi connectivity index (χ0v) is 11.3. The number of urea groups is 1. The van der Waals surface area contributed by atoms with Crippen LogP contribution in [0.4, 0.5) is 4.79 Å². The maximum absolute atomic E-state index is 11.7. The Morgan fingerprint density at radius 3 is 2.50 bits per heavy atom. The number of nitrogens with one attached hydrogen (secondary N) is 2. The van der Waals surface area contributed by atoms with Gasteiger partial charge in [-0.1, -0.05) is 49.6 Å². The SMILES string of the molecule is O=C(NCCC1CCC1)NC(C(=O)O)c1ccccc1. The smallest absolute Gasteiger partial charge is 0.330 e. The molecule has 20 heavy (non-hydrogen) atoms. The van der Waals surface area contributed by atoms with Crippen LogP contribution in [-0.2, 0) is 4.79 Å². The van der Waals surface area contributed by atoms with Crippen LogP contribution in [-0.4, -0.2) is 23.7 Å². The van der Waals surface area contributed by atoms with Crippen molar-refractivity contribution in [2.24, 2.45) is 5.92 Å². The molecule has 1 aliphatic carbocycles. The van der Waals surface area contributed by atoms with Crippen molar-refractivity contribution in [2.45, 2.75) is 31.7 Å². The van der Waals surface area contributed by atoms with E-state index in [4.69, 9.17) is 0 Å². The molecule has 0 heterocycles. The van der Waals surface area contributed by atoms with E-state index in [0.29, 0.717) is 12.1 Å². The molecule has 0 bridgehead atoms. The summed E-state index contributed by atoms with van der Waals surface area (Å²) in [7, 11) is 0. The summed E-state index contributed by atoms with van der Waals surface area (Å²) in [5.41, 5.74) is 0.564. The number of aliphatic carboxylic acids is 1. The van der Waals surface area contributed by atoms with Crippen molar-refractivity contribution in [1.29, 1.82) is 0 Å². The Morgan fingerprint density at radius 2 is 1.95 bits per heavy atom. The molecule has 2 rings (SSSR count). The Bertz CT molecular complexity index is 457. The first kappa shape index (κ1) is 14.4. The molecular weight excluding hydrogens is 256 g/mol. The van der Waals surface area contributed by atoms with Gasteiger partial charge in [-0.25, -0.2) is 9.59 Å². The monoisotopic (exact) mass is 276 g/mol. The molecule has 1 unspecified atom stereocenters. The van der Waals surface area contributed by atoms with Crippen molar-refractivity contribution in [3.05, 3.63) is 35.9 Å². The van der Waals surface area contributed by atoms with E-state index >= 15 is 0 Å². The van der Waals surface area contributed by atoms with Gasteiger partial charge in [-0.15, -0.1) is 0 Å². The molecule has 0 saturated heterocycles. The molecule has 5 nitrogen and oxygen atoms in total. The van der Waals surface area contributed by atoms with Crippen molar-refractivity contribution in [1.82, 2.24) is 10.6 Å². The van der Waals surface area contributed by atoms with Crippen molar-refractivity contribution in [2.75, 3.05) is 6.54 Å². The fourth-order valence-electron chi connectivity index (χ4n) is 2.29. The maximum atomic E-state index is 11.7. The molecule has 0 radical (unpaired) electrons. The van der Waals surface area contributed by atoms with Crippen LogP contribution in [0.2, 0.25) is 0 Å². The maximum Gasteiger partial charge on any atom is 0.330 e. The summed E-state index contributed by atoms with van der Waals surface area (Å²) < 4.78 is 0. The highest BCUT2D eigenvalue weighted by molar-refractivity contribution is 5.83. The van der Waals surface area contributed by atoms with Gasteiger partial charge >= 0.3 is 12.0 Å². The molecular formula is C15H20N2O3. The predicted octanol–water partition coefficient (Wildman–Crippen LogP) is 2.30. The van der Waals surface area contributed by atoms with E-state index in [-0.39, 0.29) is 0 Å². The highest BCUT2D eigenvalue weighted by Gasteiger charge is 2.22. The van der Waals surface area contributed by atoms with Crippen LogP contribution in [0.5, 0.6) is 0 Å². The number of carbonyl (C=O) groups excluding carboxylic acids is 1. The lowest BCUT2D eigenvalue weighted by Gasteiger charge is -2.25. The van der Waals surface area contributed by atoms with Crippen molar-refractivity contribution < 1.29 is 14.7 Å². The molecule has 1 aromatic rings. The zero-order chi connectivity index (χ0) is 14.4. The van der Waals surface area contributed by atoms with Crippen molar-refractivity contribution >= 4 is 12.0 Å². The van der Waals surface area contributed by atoms with Crippen LogP contribution >= 0.6 is 0 Å². The van der Waals surface area contributed by atoms with E-state index in [2.05, 4.69) is 10.6 Å². The number of benzene rings is 1. The summed E-state index contributed by atoms with van der Waals surface area (Å²) in [6.07, 6.45) is 4.73. The second-order valence-corrected chi connectivity index (χ2v) is 5.17. The van der Waals surface area contributed by atoms with Gasteiger partial charge in [-0.3, -0.25) is 0 Å². The average molecular weight is 276 g/mol. The van der Waals surface area contributed by atoms with Crippen molar-refractivity contribution in [3.63, 3.8) is 0 Å². The fourth-order valence-corrected chi connectivity index (χ4v) is 2.29. The van der Waals surface area contributed by atoms with Crippen LogP contribution in [0.15, 0.2) is 30.3 Å². The minimum atomic E-state index is -1.06. The second-order valence-electron chi connectivity index (χ2n) is 5.17. The first-order valence-electron chi connectivity index (χ1n) is 6.99. The highest BCUT2D eigenvalue weighted by Crippen LogP contribution is 2.28. The van der Waals surface area contributed by atoms with Gasteiger partial charge < -0.3 is 15.7 Å². The molecule has 1 aliphatic rings. The number of hydrogen-bond acceptors (Lipinski definition) is 2. The quantitative estimate of drug-likeness (QED) is 0.746. The number of carboxylic acids is 1. The molecule has 0 aromatic heterocycles. The molecule has 5 heteroatoms. The highest BCUT2D eigenvalue weighted by atomic mass is 16.4. The summed E-state index contributed by atoms with van der Waals surface area (Å²) in [4.78, 5) is 23.0. The van der Waals surface area contributed by atoms with E-state index in [1.54, 1.807) is 30.3 Å². The molecule has 1 aromatic carbocycles. The number of amides is 2. The minimum Gasteiger partial charge on any atom is -0.479 e. The molecule has 0 spiro atoms. The summed E-state index contributed by atoms with van der Waals surface area (Å²) in [6, 6.07) is 7.24. The van der Waals surface area contributed by atoms with Crippen LogP contribution in [0.25, 0.3) is 0 Å². The van der Waals surface area contributed by atoms with Gasteiger partial charge in [0, 0.05) is 6.54 Å². The molecule has 1 saturated carbocycles. The third kappa shape index (κ3) is 3.98. The van der Waals surface area contributed by atoms with Crippen LogP contribution < -0.4 is 10.6 Å². The summed E-state index contributed by atoms with van der Waals surface area (Å²) >= 11 is 0. The number of rotatable bonds is 6. The van der Waals surface area contributed by atoms with Crippen LogP contribution in [0.3, 0.4) is 0 Å². The Balaban J connectivity index is 1.81. The summed E-state index contributed by atoms with van der Waals surface area (Å²) in [5.74, 6) is -0.343. The fraction of sp³-hybridized carbons (Fsp3) is 0.467. The second kappa shape index (κ2) is 6.93. The molecule has 0 aliphatic heterocycles. The van der Waals surface area contributed by atoms with Gasteiger partial charge in [-0.05, 0) is 17.9 Å².